The molecule has 2 heterocycles. The van der Waals surface area contributed by atoms with Crippen LogP contribution in [-0.2, 0) is 4.74 Å². The fourth-order valence-electron chi connectivity index (χ4n) is 3.34. The van der Waals surface area contributed by atoms with Crippen molar-refractivity contribution in [2.75, 3.05) is 26.7 Å². The zero-order valence-corrected chi connectivity index (χ0v) is 12.4. The molecule has 3 atom stereocenters. The molecular weight excluding hydrogens is 279 g/mol. The third-order valence-electron chi connectivity index (χ3n) is 4.39. The molecule has 3 rings (SSSR count). The second-order valence-electron chi connectivity index (χ2n) is 5.59. The minimum absolute atomic E-state index is 0.00801. The van der Waals surface area contributed by atoms with Crippen molar-refractivity contribution in [3.8, 4) is 0 Å². The fourth-order valence-corrected chi connectivity index (χ4v) is 3.57. The third kappa shape index (κ3) is 2.70. The summed E-state index contributed by atoms with van der Waals surface area (Å²) in [5.41, 5.74) is 0.775. The summed E-state index contributed by atoms with van der Waals surface area (Å²) in [7, 11) is 1.87. The molecule has 1 aromatic carbocycles. The van der Waals surface area contributed by atoms with E-state index in [2.05, 4.69) is 10.2 Å². The van der Waals surface area contributed by atoms with Crippen LogP contribution in [0.3, 0.4) is 0 Å². The molecule has 2 fully saturated rings. The van der Waals surface area contributed by atoms with E-state index in [4.69, 9.17) is 16.3 Å². The van der Waals surface area contributed by atoms with Crippen LogP contribution in [0.15, 0.2) is 18.2 Å². The Labute approximate surface area is 124 Å². The average Bonchev–Trinajstić information content (AvgIpc) is 2.91. The highest BCUT2D eigenvalue weighted by Gasteiger charge is 2.36. The monoisotopic (exact) mass is 298 g/mol. The standard InChI is InChI=1S/C15H20ClFN2O/c1-18-15(12-7-10(17)4-5-13(12)16)14-8-19-6-2-3-11(19)9-20-14/h4-5,7,11,14-15,18H,2-3,6,8-9H2,1H3. The van der Waals surface area contributed by atoms with Crippen molar-refractivity contribution in [2.24, 2.45) is 0 Å². The lowest BCUT2D eigenvalue weighted by atomic mass is 9.99. The van der Waals surface area contributed by atoms with Gasteiger partial charge in [-0.25, -0.2) is 4.39 Å². The van der Waals surface area contributed by atoms with Gasteiger partial charge in [-0.1, -0.05) is 11.6 Å². The normalized spacial score (nSPS) is 28.4. The number of ether oxygens (including phenoxy) is 1. The van der Waals surface area contributed by atoms with Crippen LogP contribution in [0.4, 0.5) is 4.39 Å². The van der Waals surface area contributed by atoms with E-state index in [1.165, 1.54) is 25.0 Å². The number of halogens is 2. The second kappa shape index (κ2) is 5.98. The van der Waals surface area contributed by atoms with Crippen molar-refractivity contribution in [2.45, 2.75) is 31.0 Å². The van der Waals surface area contributed by atoms with Crippen LogP contribution in [-0.4, -0.2) is 43.8 Å². The first kappa shape index (κ1) is 14.3. The number of hydrogen-bond acceptors (Lipinski definition) is 3. The number of rotatable bonds is 3. The maximum atomic E-state index is 13.5. The summed E-state index contributed by atoms with van der Waals surface area (Å²) in [5.74, 6) is -0.264. The van der Waals surface area contributed by atoms with Crippen molar-refractivity contribution >= 4 is 11.6 Å². The highest BCUT2D eigenvalue weighted by molar-refractivity contribution is 6.31. The van der Waals surface area contributed by atoms with Crippen LogP contribution >= 0.6 is 11.6 Å². The molecule has 110 valence electrons. The van der Waals surface area contributed by atoms with Crippen LogP contribution < -0.4 is 5.32 Å². The van der Waals surface area contributed by atoms with Crippen molar-refractivity contribution in [3.63, 3.8) is 0 Å². The van der Waals surface area contributed by atoms with Gasteiger partial charge in [0.25, 0.3) is 0 Å². The molecule has 0 spiro atoms. The van der Waals surface area contributed by atoms with Crippen molar-refractivity contribution < 1.29 is 9.13 Å². The zero-order valence-electron chi connectivity index (χ0n) is 11.6. The quantitative estimate of drug-likeness (QED) is 0.928. The lowest BCUT2D eigenvalue weighted by Gasteiger charge is -2.39. The van der Waals surface area contributed by atoms with E-state index in [1.807, 2.05) is 7.05 Å². The molecule has 2 saturated heterocycles. The number of benzene rings is 1. The van der Waals surface area contributed by atoms with Gasteiger partial charge < -0.3 is 10.1 Å². The number of hydrogen-bond donors (Lipinski definition) is 1. The van der Waals surface area contributed by atoms with Gasteiger partial charge in [-0.15, -0.1) is 0 Å². The number of morpholine rings is 1. The van der Waals surface area contributed by atoms with Gasteiger partial charge in [0.1, 0.15) is 5.82 Å². The first-order chi connectivity index (χ1) is 9.69. The summed E-state index contributed by atoms with van der Waals surface area (Å²) in [5, 5.41) is 3.81. The number of nitrogens with one attached hydrogen (secondary N) is 1. The molecule has 0 aliphatic carbocycles. The van der Waals surface area contributed by atoms with E-state index in [0.717, 1.165) is 25.3 Å². The van der Waals surface area contributed by atoms with Crippen LogP contribution in [0.2, 0.25) is 5.02 Å². The van der Waals surface area contributed by atoms with Crippen molar-refractivity contribution in [1.29, 1.82) is 0 Å². The Kier molecular flexibility index (Phi) is 4.26. The molecule has 3 unspecified atom stereocenters. The summed E-state index contributed by atoms with van der Waals surface area (Å²) < 4.78 is 19.5. The molecule has 2 aliphatic heterocycles. The predicted molar refractivity (Wildman–Crippen MR) is 77.5 cm³/mol. The van der Waals surface area contributed by atoms with E-state index in [9.17, 15) is 4.39 Å². The van der Waals surface area contributed by atoms with Gasteiger partial charge in [0, 0.05) is 17.6 Å². The van der Waals surface area contributed by atoms with Gasteiger partial charge in [-0.2, -0.15) is 0 Å². The Hall–Kier alpha value is -0.680. The number of nitrogens with zero attached hydrogens (tertiary/aromatic N) is 1. The van der Waals surface area contributed by atoms with E-state index < -0.39 is 0 Å². The Morgan fingerprint density at radius 2 is 2.35 bits per heavy atom. The molecule has 20 heavy (non-hydrogen) atoms. The Morgan fingerprint density at radius 1 is 1.50 bits per heavy atom. The predicted octanol–water partition coefficient (Wildman–Crippen LogP) is 2.60. The highest BCUT2D eigenvalue weighted by atomic mass is 35.5. The van der Waals surface area contributed by atoms with E-state index >= 15 is 0 Å². The summed E-state index contributed by atoms with van der Waals surface area (Å²) in [6, 6.07) is 4.98. The molecule has 0 radical (unpaired) electrons. The van der Waals surface area contributed by atoms with Crippen LogP contribution in [0.1, 0.15) is 24.4 Å². The lowest BCUT2D eigenvalue weighted by Crippen LogP contribution is -2.50. The molecule has 0 bridgehead atoms. The molecule has 0 aromatic heterocycles. The van der Waals surface area contributed by atoms with Gasteiger partial charge in [-0.05, 0) is 50.2 Å². The van der Waals surface area contributed by atoms with Crippen LogP contribution in [0.5, 0.6) is 0 Å². The Bertz CT molecular complexity index is 485. The number of fused-ring (bicyclic) bond motifs is 1. The second-order valence-corrected chi connectivity index (χ2v) is 6.00. The first-order valence-electron chi connectivity index (χ1n) is 7.17. The zero-order chi connectivity index (χ0) is 14.1. The maximum Gasteiger partial charge on any atom is 0.123 e. The summed E-state index contributed by atoms with van der Waals surface area (Å²) >= 11 is 6.22. The summed E-state index contributed by atoms with van der Waals surface area (Å²) in [6.45, 7) is 2.77. The first-order valence-corrected chi connectivity index (χ1v) is 7.54. The fraction of sp³-hybridized carbons (Fsp3) is 0.600. The Morgan fingerprint density at radius 3 is 3.15 bits per heavy atom. The molecule has 5 heteroatoms. The van der Waals surface area contributed by atoms with Gasteiger partial charge in [0.05, 0.1) is 18.8 Å². The average molecular weight is 299 g/mol. The van der Waals surface area contributed by atoms with Gasteiger partial charge >= 0.3 is 0 Å². The third-order valence-corrected chi connectivity index (χ3v) is 4.74. The molecule has 0 amide bonds. The van der Waals surface area contributed by atoms with Crippen LogP contribution in [0.25, 0.3) is 0 Å². The van der Waals surface area contributed by atoms with E-state index in [1.54, 1.807) is 6.07 Å². The van der Waals surface area contributed by atoms with E-state index in [-0.39, 0.29) is 18.0 Å². The van der Waals surface area contributed by atoms with Gasteiger partial charge in [0.2, 0.25) is 0 Å². The summed E-state index contributed by atoms with van der Waals surface area (Å²) in [4.78, 5) is 2.48. The van der Waals surface area contributed by atoms with Crippen molar-refractivity contribution in [3.05, 3.63) is 34.6 Å². The van der Waals surface area contributed by atoms with Crippen molar-refractivity contribution in [1.82, 2.24) is 10.2 Å². The Balaban J connectivity index is 1.81. The SMILES string of the molecule is CNC(c1cc(F)ccc1Cl)C1CN2CCCC2CO1. The molecule has 3 nitrogen and oxygen atoms in total. The highest BCUT2D eigenvalue weighted by Crippen LogP contribution is 2.32. The van der Waals surface area contributed by atoms with Crippen LogP contribution in [0, 0.1) is 5.82 Å². The minimum Gasteiger partial charge on any atom is -0.373 e. The number of likely N-dealkylation sites (N-methyl/N-ethyl adjacent to an activating group) is 1. The topological polar surface area (TPSA) is 24.5 Å². The summed E-state index contributed by atoms with van der Waals surface area (Å²) in [6.07, 6.45) is 2.47. The molecular formula is C15H20ClFN2O. The smallest absolute Gasteiger partial charge is 0.123 e. The van der Waals surface area contributed by atoms with E-state index in [0.29, 0.717) is 11.1 Å². The molecule has 1 aromatic rings. The largest absolute Gasteiger partial charge is 0.373 e. The molecule has 2 aliphatic rings. The lowest BCUT2D eigenvalue weighted by molar-refractivity contribution is -0.0642. The maximum absolute atomic E-state index is 13.5. The minimum atomic E-state index is -0.264. The van der Waals surface area contributed by atoms with Gasteiger partial charge in [-0.3, -0.25) is 4.90 Å². The molecule has 1 N–H and O–H groups in total. The van der Waals surface area contributed by atoms with Gasteiger partial charge in [0.15, 0.2) is 0 Å². The molecule has 0 saturated carbocycles.